The number of aryl methyl sites for hydroxylation is 2. The molecular weight excluding hydrogens is 386 g/mol. The number of Topliss-reactive ketones (excluding diaryl/α,β-unsaturated/α-hetero) is 1. The summed E-state index contributed by atoms with van der Waals surface area (Å²) >= 11 is 0. The fourth-order valence-electron chi connectivity index (χ4n) is 4.16. The molecule has 0 aliphatic carbocycles. The van der Waals surface area contributed by atoms with Gasteiger partial charge in [0.2, 0.25) is 0 Å². The Morgan fingerprint density at radius 1 is 1.00 bits per heavy atom. The fraction of sp³-hybridized carbons (Fsp3) is 0.440. The number of ketones is 1. The average molecular weight is 418 g/mol. The number of carbonyl (C=O) groups excluding carboxylic acids is 1. The van der Waals surface area contributed by atoms with Crippen molar-refractivity contribution in [3.8, 4) is 11.4 Å². The lowest BCUT2D eigenvalue weighted by Crippen LogP contribution is -2.33. The van der Waals surface area contributed by atoms with Crippen molar-refractivity contribution in [2.45, 2.75) is 52.0 Å². The van der Waals surface area contributed by atoms with Crippen LogP contribution in [0.2, 0.25) is 0 Å². The summed E-state index contributed by atoms with van der Waals surface area (Å²) in [5, 5.41) is 8.93. The molecule has 0 bridgehead atoms. The fourth-order valence-corrected chi connectivity index (χ4v) is 4.16. The third-order valence-corrected chi connectivity index (χ3v) is 5.98. The second-order valence-corrected chi connectivity index (χ2v) is 8.44. The van der Waals surface area contributed by atoms with Gasteiger partial charge >= 0.3 is 0 Å². The van der Waals surface area contributed by atoms with Crippen LogP contribution in [-0.4, -0.2) is 50.1 Å². The molecule has 6 nitrogen and oxygen atoms in total. The Kier molecular flexibility index (Phi) is 7.20. The van der Waals surface area contributed by atoms with E-state index < -0.39 is 0 Å². The normalized spacial score (nSPS) is 14.6. The lowest BCUT2D eigenvalue weighted by atomic mass is 10.0. The monoisotopic (exact) mass is 417 g/mol. The van der Waals surface area contributed by atoms with Crippen LogP contribution in [0.25, 0.3) is 11.4 Å². The lowest BCUT2D eigenvalue weighted by Gasteiger charge is -2.26. The van der Waals surface area contributed by atoms with Gasteiger partial charge in [-0.25, -0.2) is 0 Å². The van der Waals surface area contributed by atoms with E-state index in [1.54, 1.807) is 6.20 Å². The van der Waals surface area contributed by atoms with Crippen molar-refractivity contribution in [3.05, 3.63) is 65.7 Å². The molecule has 0 unspecified atom stereocenters. The van der Waals surface area contributed by atoms with Crippen molar-refractivity contribution >= 4 is 5.78 Å². The molecule has 1 aromatic carbocycles. The zero-order valence-electron chi connectivity index (χ0n) is 18.3. The molecule has 31 heavy (non-hydrogen) atoms. The molecule has 0 saturated carbocycles. The van der Waals surface area contributed by atoms with E-state index >= 15 is 0 Å². The minimum Gasteiger partial charge on any atom is -0.310 e. The maximum atomic E-state index is 12.6. The summed E-state index contributed by atoms with van der Waals surface area (Å²) in [5.41, 5.74) is 3.24. The highest BCUT2D eigenvalue weighted by Crippen LogP contribution is 2.19. The van der Waals surface area contributed by atoms with Gasteiger partial charge in [-0.05, 0) is 50.6 Å². The first kappa shape index (κ1) is 21.4. The van der Waals surface area contributed by atoms with Crippen LogP contribution in [0.15, 0.2) is 48.8 Å². The molecule has 162 valence electrons. The summed E-state index contributed by atoms with van der Waals surface area (Å²) in [4.78, 5) is 19.3. The van der Waals surface area contributed by atoms with Gasteiger partial charge < -0.3 is 9.47 Å². The van der Waals surface area contributed by atoms with Gasteiger partial charge in [0.05, 0.1) is 0 Å². The molecule has 4 rings (SSSR count). The van der Waals surface area contributed by atoms with Gasteiger partial charge in [-0.15, -0.1) is 10.2 Å². The number of aromatic nitrogens is 4. The van der Waals surface area contributed by atoms with Gasteiger partial charge in [0.15, 0.2) is 5.82 Å². The Morgan fingerprint density at radius 3 is 2.55 bits per heavy atom. The molecule has 1 aliphatic heterocycles. The molecule has 3 heterocycles. The van der Waals surface area contributed by atoms with Crippen LogP contribution >= 0.6 is 0 Å². The largest absolute Gasteiger partial charge is 0.310 e. The second-order valence-electron chi connectivity index (χ2n) is 8.44. The summed E-state index contributed by atoms with van der Waals surface area (Å²) in [6, 6.07) is 12.1. The smallest absolute Gasteiger partial charge is 0.165 e. The number of pyridine rings is 1. The van der Waals surface area contributed by atoms with Crippen molar-refractivity contribution in [2.75, 3.05) is 19.6 Å². The number of hydrogen-bond donors (Lipinski definition) is 0. The summed E-state index contributed by atoms with van der Waals surface area (Å²) in [6.45, 7) is 6.19. The van der Waals surface area contributed by atoms with Gasteiger partial charge in [0.25, 0.3) is 0 Å². The Labute approximate surface area is 184 Å². The molecule has 0 N–H and O–H groups in total. The first-order valence-corrected chi connectivity index (χ1v) is 11.3. The molecule has 6 heteroatoms. The molecule has 0 amide bonds. The van der Waals surface area contributed by atoms with Crippen molar-refractivity contribution < 1.29 is 4.79 Å². The number of rotatable bonds is 9. The van der Waals surface area contributed by atoms with E-state index in [0.717, 1.165) is 49.0 Å². The van der Waals surface area contributed by atoms with E-state index in [4.69, 9.17) is 0 Å². The molecular formula is C25H31N5O. The molecule has 1 aliphatic rings. The number of piperidine rings is 1. The third kappa shape index (κ3) is 5.85. The van der Waals surface area contributed by atoms with Crippen molar-refractivity contribution in [3.63, 3.8) is 0 Å². The van der Waals surface area contributed by atoms with Gasteiger partial charge in [-0.2, -0.15) is 0 Å². The van der Waals surface area contributed by atoms with Crippen LogP contribution < -0.4 is 0 Å². The van der Waals surface area contributed by atoms with Crippen LogP contribution in [0.5, 0.6) is 0 Å². The SMILES string of the molecule is Cc1ccc(CC(=O)CCc2nnc(-c3cccnc3)n2CCN2CCCCC2)cc1. The molecule has 0 radical (unpaired) electrons. The summed E-state index contributed by atoms with van der Waals surface area (Å²) in [5.74, 6) is 1.96. The van der Waals surface area contributed by atoms with E-state index in [2.05, 4.69) is 43.7 Å². The average Bonchev–Trinajstić information content (AvgIpc) is 3.22. The molecule has 1 fully saturated rings. The van der Waals surface area contributed by atoms with E-state index in [1.807, 2.05) is 30.5 Å². The Bertz CT molecular complexity index is 975. The number of nitrogens with zero attached hydrogens (tertiary/aromatic N) is 5. The van der Waals surface area contributed by atoms with E-state index in [0.29, 0.717) is 19.3 Å². The standard InChI is InChI=1S/C25H31N5O/c1-20-7-9-21(10-8-20)18-23(31)11-12-24-27-28-25(22-6-5-13-26-19-22)30(24)17-16-29-14-3-2-4-15-29/h5-10,13,19H,2-4,11-12,14-18H2,1H3. The van der Waals surface area contributed by atoms with Crippen molar-refractivity contribution in [1.29, 1.82) is 0 Å². The van der Waals surface area contributed by atoms with Crippen LogP contribution in [0.3, 0.4) is 0 Å². The van der Waals surface area contributed by atoms with Gasteiger partial charge in [0.1, 0.15) is 11.6 Å². The van der Waals surface area contributed by atoms with E-state index in [-0.39, 0.29) is 5.78 Å². The highest BCUT2D eigenvalue weighted by atomic mass is 16.1. The molecule has 0 spiro atoms. The predicted octanol–water partition coefficient (Wildman–Crippen LogP) is 3.88. The highest BCUT2D eigenvalue weighted by molar-refractivity contribution is 5.81. The van der Waals surface area contributed by atoms with E-state index in [1.165, 1.54) is 24.8 Å². The maximum Gasteiger partial charge on any atom is 0.165 e. The first-order valence-electron chi connectivity index (χ1n) is 11.3. The summed E-state index contributed by atoms with van der Waals surface area (Å²) < 4.78 is 2.19. The number of hydrogen-bond acceptors (Lipinski definition) is 5. The van der Waals surface area contributed by atoms with Crippen molar-refractivity contribution in [1.82, 2.24) is 24.6 Å². The van der Waals surface area contributed by atoms with Crippen LogP contribution in [0.1, 0.15) is 42.6 Å². The topological polar surface area (TPSA) is 63.9 Å². The zero-order valence-corrected chi connectivity index (χ0v) is 18.3. The molecule has 0 atom stereocenters. The lowest BCUT2D eigenvalue weighted by molar-refractivity contribution is -0.118. The number of likely N-dealkylation sites (tertiary alicyclic amines) is 1. The molecule has 3 aromatic rings. The minimum absolute atomic E-state index is 0.234. The Balaban J connectivity index is 1.44. The van der Waals surface area contributed by atoms with Gasteiger partial charge in [-0.3, -0.25) is 9.78 Å². The molecule has 2 aromatic heterocycles. The quantitative estimate of drug-likeness (QED) is 0.529. The zero-order chi connectivity index (χ0) is 21.5. The Hall–Kier alpha value is -2.86. The van der Waals surface area contributed by atoms with Crippen LogP contribution in [-0.2, 0) is 24.2 Å². The molecule has 1 saturated heterocycles. The minimum atomic E-state index is 0.234. The van der Waals surface area contributed by atoms with Crippen molar-refractivity contribution in [2.24, 2.45) is 0 Å². The highest BCUT2D eigenvalue weighted by Gasteiger charge is 2.17. The predicted molar refractivity (Wildman–Crippen MR) is 122 cm³/mol. The van der Waals surface area contributed by atoms with Gasteiger partial charge in [0, 0.05) is 50.3 Å². The van der Waals surface area contributed by atoms with Crippen LogP contribution in [0, 0.1) is 6.92 Å². The summed E-state index contributed by atoms with van der Waals surface area (Å²) in [6.07, 6.45) is 9.03. The number of benzene rings is 1. The maximum absolute atomic E-state index is 12.6. The second kappa shape index (κ2) is 10.4. The first-order chi connectivity index (χ1) is 15.2. The van der Waals surface area contributed by atoms with Gasteiger partial charge in [-0.1, -0.05) is 36.2 Å². The van der Waals surface area contributed by atoms with E-state index in [9.17, 15) is 4.79 Å². The summed E-state index contributed by atoms with van der Waals surface area (Å²) in [7, 11) is 0. The van der Waals surface area contributed by atoms with Crippen LogP contribution in [0.4, 0.5) is 0 Å². The third-order valence-electron chi connectivity index (χ3n) is 5.98. The Morgan fingerprint density at radius 2 is 1.81 bits per heavy atom. The number of carbonyl (C=O) groups is 1.